The number of ether oxygens (including phenoxy) is 1. The number of aryl methyl sites for hydroxylation is 1. The number of para-hydroxylation sites is 1. The van der Waals surface area contributed by atoms with E-state index in [2.05, 4.69) is 30.1 Å². The topological polar surface area (TPSA) is 78.5 Å². The number of nitrogens with zero attached hydrogens (tertiary/aromatic N) is 4. The summed E-state index contributed by atoms with van der Waals surface area (Å²) in [5, 5.41) is 9.13. The van der Waals surface area contributed by atoms with Gasteiger partial charge >= 0.3 is 5.97 Å². The summed E-state index contributed by atoms with van der Waals surface area (Å²) in [7, 11) is 0. The molecule has 3 aromatic rings. The van der Waals surface area contributed by atoms with Gasteiger partial charge in [-0.2, -0.15) is 0 Å². The zero-order chi connectivity index (χ0) is 20.4. The lowest BCUT2D eigenvalue weighted by Gasteiger charge is -2.16. The van der Waals surface area contributed by atoms with Gasteiger partial charge in [-0.1, -0.05) is 38.1 Å². The molecular formula is C22H26N4O3. The Bertz CT molecular complexity index is 1130. The maximum atomic E-state index is 13.0. The molecule has 0 radical (unpaired) electrons. The lowest BCUT2D eigenvalue weighted by Crippen LogP contribution is -2.24. The molecule has 1 unspecified atom stereocenters. The molecule has 7 heteroatoms. The van der Waals surface area contributed by atoms with E-state index in [1.807, 2.05) is 34.7 Å². The van der Waals surface area contributed by atoms with Gasteiger partial charge in [0, 0.05) is 6.54 Å². The molecule has 2 heterocycles. The first-order valence-electron chi connectivity index (χ1n) is 10.2. The summed E-state index contributed by atoms with van der Waals surface area (Å²) in [5.74, 6) is 1.17. The van der Waals surface area contributed by atoms with Crippen LogP contribution in [0.5, 0.6) is 0 Å². The summed E-state index contributed by atoms with van der Waals surface area (Å²) < 4.78 is 9.08. The highest BCUT2D eigenvalue weighted by atomic mass is 16.5. The minimum Gasteiger partial charge on any atom is -0.457 e. The molecule has 4 rings (SSSR count). The van der Waals surface area contributed by atoms with Crippen LogP contribution in [0.4, 0.5) is 0 Å². The second kappa shape index (κ2) is 8.19. The van der Waals surface area contributed by atoms with E-state index >= 15 is 0 Å². The molecule has 7 nitrogen and oxygen atoms in total. The van der Waals surface area contributed by atoms with E-state index in [-0.39, 0.29) is 24.1 Å². The van der Waals surface area contributed by atoms with Gasteiger partial charge in [0.2, 0.25) is 5.78 Å². The predicted octanol–water partition coefficient (Wildman–Crippen LogP) is 3.49. The number of carbonyl (C=O) groups is 1. The number of hydrogen-bond donors (Lipinski definition) is 0. The van der Waals surface area contributed by atoms with Gasteiger partial charge in [0.15, 0.2) is 12.4 Å². The highest BCUT2D eigenvalue weighted by Gasteiger charge is 2.22. The van der Waals surface area contributed by atoms with Crippen molar-refractivity contribution >= 4 is 22.6 Å². The second-order valence-corrected chi connectivity index (χ2v) is 8.00. The van der Waals surface area contributed by atoms with Gasteiger partial charge in [-0.15, -0.1) is 10.2 Å². The molecule has 0 spiro atoms. The van der Waals surface area contributed by atoms with Crippen molar-refractivity contribution in [1.82, 2.24) is 19.2 Å². The molecule has 0 fully saturated rings. The normalized spacial score (nSPS) is 16.7. The number of benzene rings is 1. The first-order valence-corrected chi connectivity index (χ1v) is 10.2. The van der Waals surface area contributed by atoms with Crippen molar-refractivity contribution in [3.05, 3.63) is 52.6 Å². The molecule has 0 bridgehead atoms. The van der Waals surface area contributed by atoms with Crippen LogP contribution in [0.15, 0.2) is 41.2 Å². The molecule has 0 aliphatic heterocycles. The molecule has 152 valence electrons. The average Bonchev–Trinajstić information content (AvgIpc) is 3.16. The lowest BCUT2D eigenvalue weighted by atomic mass is 9.95. The molecule has 1 atom stereocenters. The predicted molar refractivity (Wildman–Crippen MR) is 110 cm³/mol. The number of fused-ring (bicyclic) bond motifs is 3. The molecule has 0 N–H and O–H groups in total. The van der Waals surface area contributed by atoms with E-state index in [1.165, 1.54) is 0 Å². The van der Waals surface area contributed by atoms with Gasteiger partial charge in [-0.05, 0) is 43.7 Å². The zero-order valence-corrected chi connectivity index (χ0v) is 16.9. The second-order valence-electron chi connectivity index (χ2n) is 8.00. The summed E-state index contributed by atoms with van der Waals surface area (Å²) in [5.41, 5.74) is 0.656. The zero-order valence-electron chi connectivity index (χ0n) is 16.9. The van der Waals surface area contributed by atoms with Crippen molar-refractivity contribution in [2.75, 3.05) is 0 Å². The van der Waals surface area contributed by atoms with Crippen molar-refractivity contribution in [3.8, 4) is 0 Å². The van der Waals surface area contributed by atoms with Crippen LogP contribution in [0.2, 0.25) is 0 Å². The minimum atomic E-state index is -0.205. The van der Waals surface area contributed by atoms with E-state index in [9.17, 15) is 9.59 Å². The molecule has 0 saturated heterocycles. The van der Waals surface area contributed by atoms with Crippen LogP contribution in [-0.4, -0.2) is 25.1 Å². The van der Waals surface area contributed by atoms with Gasteiger partial charge in [0.05, 0.1) is 16.8 Å². The monoisotopic (exact) mass is 394 g/mol. The van der Waals surface area contributed by atoms with E-state index in [4.69, 9.17) is 4.74 Å². The summed E-state index contributed by atoms with van der Waals surface area (Å²) in [6.07, 6.45) is 7.42. The van der Waals surface area contributed by atoms with Crippen LogP contribution < -0.4 is 5.56 Å². The summed E-state index contributed by atoms with van der Waals surface area (Å²) >= 11 is 0. The lowest BCUT2D eigenvalue weighted by molar-refractivity contribution is -0.150. The van der Waals surface area contributed by atoms with E-state index in [1.54, 1.807) is 4.57 Å². The van der Waals surface area contributed by atoms with Crippen LogP contribution in [0.1, 0.15) is 45.4 Å². The maximum Gasteiger partial charge on any atom is 0.309 e. The van der Waals surface area contributed by atoms with Crippen LogP contribution in [-0.2, 0) is 22.7 Å². The Kier molecular flexibility index (Phi) is 5.47. The van der Waals surface area contributed by atoms with Crippen LogP contribution in [0.3, 0.4) is 0 Å². The molecule has 1 aromatic carbocycles. The van der Waals surface area contributed by atoms with Gasteiger partial charge in [0.25, 0.3) is 5.56 Å². The Morgan fingerprint density at radius 1 is 1.24 bits per heavy atom. The van der Waals surface area contributed by atoms with Crippen LogP contribution >= 0.6 is 0 Å². The Balaban J connectivity index is 1.71. The van der Waals surface area contributed by atoms with Crippen LogP contribution in [0.25, 0.3) is 16.7 Å². The summed E-state index contributed by atoms with van der Waals surface area (Å²) in [6.45, 7) is 4.85. The van der Waals surface area contributed by atoms with Crippen molar-refractivity contribution in [1.29, 1.82) is 0 Å². The van der Waals surface area contributed by atoms with Crippen molar-refractivity contribution in [2.45, 2.75) is 52.7 Å². The highest BCUT2D eigenvalue weighted by molar-refractivity contribution is 5.80. The first-order chi connectivity index (χ1) is 14.1. The van der Waals surface area contributed by atoms with Crippen LogP contribution in [0, 0.1) is 11.8 Å². The van der Waals surface area contributed by atoms with Gasteiger partial charge in [-0.3, -0.25) is 18.6 Å². The molecule has 2 aromatic heterocycles. The third-order valence-corrected chi connectivity index (χ3v) is 5.45. The Morgan fingerprint density at radius 2 is 2.07 bits per heavy atom. The fraction of sp³-hybridized carbons (Fsp3) is 0.455. The van der Waals surface area contributed by atoms with E-state index in [0.29, 0.717) is 29.5 Å². The fourth-order valence-electron chi connectivity index (χ4n) is 3.76. The molecule has 1 aliphatic rings. The van der Waals surface area contributed by atoms with Gasteiger partial charge in [-0.25, -0.2) is 0 Å². The number of rotatable bonds is 6. The smallest absolute Gasteiger partial charge is 0.309 e. The van der Waals surface area contributed by atoms with E-state index < -0.39 is 0 Å². The standard InChI is InChI=1S/C22H26N4O3/c1-15(2)12-13-25-20(27)17-10-6-7-11-18(17)26-19(23-24-22(25)26)14-29-21(28)16-8-4-3-5-9-16/h3-4,6-7,10-11,15-16H,5,8-9,12-14H2,1-2H3. The highest BCUT2D eigenvalue weighted by Crippen LogP contribution is 2.21. The number of carbonyl (C=O) groups excluding carboxylic acids is 1. The molecule has 0 amide bonds. The number of aromatic nitrogens is 4. The van der Waals surface area contributed by atoms with Gasteiger partial charge < -0.3 is 4.74 Å². The minimum absolute atomic E-state index is 0.0343. The SMILES string of the molecule is CC(C)CCn1c(=O)c2ccccc2n2c(COC(=O)C3CC=CCC3)nnc12. The Hall–Kier alpha value is -2.96. The average molecular weight is 394 g/mol. The number of allylic oxidation sites excluding steroid dienone is 2. The third kappa shape index (κ3) is 3.81. The Morgan fingerprint density at radius 3 is 2.83 bits per heavy atom. The summed E-state index contributed by atoms with van der Waals surface area (Å²) in [4.78, 5) is 25.4. The van der Waals surface area contributed by atoms with Crippen molar-refractivity contribution < 1.29 is 9.53 Å². The molecule has 1 aliphatic carbocycles. The van der Waals surface area contributed by atoms with Gasteiger partial charge in [0.1, 0.15) is 0 Å². The maximum absolute atomic E-state index is 13.0. The largest absolute Gasteiger partial charge is 0.457 e. The Labute approximate surface area is 169 Å². The molecule has 0 saturated carbocycles. The van der Waals surface area contributed by atoms with Crippen molar-refractivity contribution in [3.63, 3.8) is 0 Å². The van der Waals surface area contributed by atoms with Crippen molar-refractivity contribution in [2.24, 2.45) is 11.8 Å². The quantitative estimate of drug-likeness (QED) is 0.472. The third-order valence-electron chi connectivity index (χ3n) is 5.45. The molecule has 29 heavy (non-hydrogen) atoms. The first kappa shape index (κ1) is 19.4. The molecular weight excluding hydrogens is 368 g/mol. The summed E-state index contributed by atoms with van der Waals surface area (Å²) in [6, 6.07) is 7.41. The fourth-order valence-corrected chi connectivity index (χ4v) is 3.76. The van der Waals surface area contributed by atoms with E-state index in [0.717, 1.165) is 31.2 Å². The number of hydrogen-bond acceptors (Lipinski definition) is 5. The number of esters is 1.